The Hall–Kier alpha value is -0.770. The number of ether oxygens (including phenoxy) is 2. The van der Waals surface area contributed by atoms with Crippen molar-refractivity contribution in [2.45, 2.75) is 44.4 Å². The number of rotatable bonds is 8. The average Bonchev–Trinajstić information content (AvgIpc) is 2.47. The molecule has 0 aliphatic carbocycles. The Morgan fingerprint density at radius 1 is 1.15 bits per heavy atom. The summed E-state index contributed by atoms with van der Waals surface area (Å²) in [5, 5.41) is 0. The number of benzene rings is 1. The average molecular weight is 347 g/mol. The topological polar surface area (TPSA) is 18.5 Å². The molecule has 20 heavy (non-hydrogen) atoms. The molecule has 1 aromatic rings. The van der Waals surface area contributed by atoms with E-state index in [0.717, 1.165) is 25.7 Å². The zero-order valence-corrected chi connectivity index (χ0v) is 14.3. The van der Waals surface area contributed by atoms with E-state index in [-0.39, 0.29) is 10.6 Å². The standard InChI is InChI=1S/C16H24BrFO2/c1-5-7-8-11(6-2)16(17)12-9-14(19-3)15(20-4)10-13(12)18/h9-11,16H,5-8H2,1-4H3. The first-order valence-corrected chi connectivity index (χ1v) is 8.06. The van der Waals surface area contributed by atoms with Gasteiger partial charge in [-0.3, -0.25) is 0 Å². The molecule has 0 spiro atoms. The largest absolute Gasteiger partial charge is 0.493 e. The van der Waals surface area contributed by atoms with Crippen LogP contribution < -0.4 is 9.47 Å². The maximum Gasteiger partial charge on any atom is 0.163 e. The minimum atomic E-state index is -0.250. The summed E-state index contributed by atoms with van der Waals surface area (Å²) in [5.41, 5.74) is 0.644. The van der Waals surface area contributed by atoms with Crippen LogP contribution in [0.15, 0.2) is 12.1 Å². The Kier molecular flexibility index (Phi) is 7.35. The van der Waals surface area contributed by atoms with E-state index in [9.17, 15) is 4.39 Å². The fourth-order valence-electron chi connectivity index (χ4n) is 2.36. The van der Waals surface area contributed by atoms with Crippen LogP contribution in [0.5, 0.6) is 11.5 Å². The van der Waals surface area contributed by atoms with Crippen LogP contribution in [0.25, 0.3) is 0 Å². The predicted octanol–water partition coefficient (Wildman–Crippen LogP) is 5.50. The third-order valence-electron chi connectivity index (χ3n) is 3.67. The van der Waals surface area contributed by atoms with Crippen LogP contribution in [-0.4, -0.2) is 14.2 Å². The van der Waals surface area contributed by atoms with Crippen molar-refractivity contribution in [1.29, 1.82) is 0 Å². The second-order valence-electron chi connectivity index (χ2n) is 4.94. The van der Waals surface area contributed by atoms with Gasteiger partial charge in [0.05, 0.1) is 14.2 Å². The zero-order valence-electron chi connectivity index (χ0n) is 12.7. The van der Waals surface area contributed by atoms with Gasteiger partial charge >= 0.3 is 0 Å². The van der Waals surface area contributed by atoms with Crippen LogP contribution in [-0.2, 0) is 0 Å². The van der Waals surface area contributed by atoms with E-state index in [2.05, 4.69) is 29.8 Å². The maximum absolute atomic E-state index is 14.3. The molecular formula is C16H24BrFO2. The molecule has 2 nitrogen and oxygen atoms in total. The molecule has 114 valence electrons. The molecule has 0 radical (unpaired) electrons. The zero-order chi connectivity index (χ0) is 15.1. The van der Waals surface area contributed by atoms with Crippen molar-refractivity contribution in [1.82, 2.24) is 0 Å². The predicted molar refractivity (Wildman–Crippen MR) is 84.5 cm³/mol. The molecule has 0 heterocycles. The minimum absolute atomic E-state index is 0.00106. The Morgan fingerprint density at radius 2 is 1.75 bits per heavy atom. The molecule has 0 N–H and O–H groups in total. The molecule has 0 aliphatic rings. The summed E-state index contributed by atoms with van der Waals surface area (Å²) in [6, 6.07) is 3.14. The number of hydrogen-bond donors (Lipinski definition) is 0. The number of alkyl halides is 1. The van der Waals surface area contributed by atoms with Crippen molar-refractivity contribution in [3.63, 3.8) is 0 Å². The molecular weight excluding hydrogens is 323 g/mol. The van der Waals surface area contributed by atoms with E-state index in [0.29, 0.717) is 23.0 Å². The van der Waals surface area contributed by atoms with Gasteiger partial charge in [0, 0.05) is 16.5 Å². The highest BCUT2D eigenvalue weighted by molar-refractivity contribution is 9.09. The van der Waals surface area contributed by atoms with Crippen molar-refractivity contribution >= 4 is 15.9 Å². The van der Waals surface area contributed by atoms with E-state index >= 15 is 0 Å². The van der Waals surface area contributed by atoms with Crippen molar-refractivity contribution in [2.75, 3.05) is 14.2 Å². The van der Waals surface area contributed by atoms with E-state index < -0.39 is 0 Å². The summed E-state index contributed by atoms with van der Waals surface area (Å²) >= 11 is 3.67. The van der Waals surface area contributed by atoms with Crippen molar-refractivity contribution in [2.24, 2.45) is 5.92 Å². The molecule has 0 amide bonds. The lowest BCUT2D eigenvalue weighted by Gasteiger charge is -2.23. The Bertz CT molecular complexity index is 423. The summed E-state index contributed by atoms with van der Waals surface area (Å²) < 4.78 is 24.6. The molecule has 1 aromatic carbocycles. The van der Waals surface area contributed by atoms with Gasteiger partial charge in [-0.05, 0) is 18.4 Å². The van der Waals surface area contributed by atoms with Crippen LogP contribution >= 0.6 is 15.9 Å². The summed E-state index contributed by atoms with van der Waals surface area (Å²) in [5.74, 6) is 1.16. The fraction of sp³-hybridized carbons (Fsp3) is 0.625. The highest BCUT2D eigenvalue weighted by Gasteiger charge is 2.23. The van der Waals surface area contributed by atoms with E-state index in [1.807, 2.05) is 0 Å². The lowest BCUT2D eigenvalue weighted by atomic mass is 9.91. The van der Waals surface area contributed by atoms with Gasteiger partial charge in [0.1, 0.15) is 5.82 Å². The number of unbranched alkanes of at least 4 members (excludes halogenated alkanes) is 1. The smallest absolute Gasteiger partial charge is 0.163 e. The molecule has 0 fully saturated rings. The van der Waals surface area contributed by atoms with Gasteiger partial charge in [0.25, 0.3) is 0 Å². The molecule has 0 aliphatic heterocycles. The van der Waals surface area contributed by atoms with E-state index in [1.165, 1.54) is 13.2 Å². The lowest BCUT2D eigenvalue weighted by molar-refractivity contribution is 0.350. The Morgan fingerprint density at radius 3 is 2.25 bits per heavy atom. The fourth-order valence-corrected chi connectivity index (χ4v) is 3.35. The third-order valence-corrected chi connectivity index (χ3v) is 4.91. The molecule has 0 saturated heterocycles. The summed E-state index contributed by atoms with van der Waals surface area (Å²) in [7, 11) is 3.08. The molecule has 0 saturated carbocycles. The number of hydrogen-bond acceptors (Lipinski definition) is 2. The van der Waals surface area contributed by atoms with Crippen molar-refractivity contribution in [3.05, 3.63) is 23.5 Å². The Balaban J connectivity index is 3.04. The third kappa shape index (κ3) is 4.11. The highest BCUT2D eigenvalue weighted by Crippen LogP contribution is 2.41. The van der Waals surface area contributed by atoms with Gasteiger partial charge in [0.15, 0.2) is 11.5 Å². The van der Waals surface area contributed by atoms with Crippen LogP contribution in [0.1, 0.15) is 49.9 Å². The monoisotopic (exact) mass is 346 g/mol. The second-order valence-corrected chi connectivity index (χ2v) is 5.93. The van der Waals surface area contributed by atoms with Gasteiger partial charge in [-0.2, -0.15) is 0 Å². The van der Waals surface area contributed by atoms with E-state index in [1.54, 1.807) is 13.2 Å². The van der Waals surface area contributed by atoms with Crippen LogP contribution in [0.2, 0.25) is 0 Å². The second kappa shape index (κ2) is 8.50. The first kappa shape index (κ1) is 17.3. The van der Waals surface area contributed by atoms with Crippen LogP contribution in [0.3, 0.4) is 0 Å². The molecule has 2 atom stereocenters. The Labute approximate surface area is 129 Å². The van der Waals surface area contributed by atoms with Gasteiger partial charge in [0.2, 0.25) is 0 Å². The summed E-state index contributed by atoms with van der Waals surface area (Å²) in [6.45, 7) is 4.32. The quantitative estimate of drug-likeness (QED) is 0.579. The molecule has 4 heteroatoms. The summed E-state index contributed by atoms with van der Waals surface area (Å²) in [4.78, 5) is -0.00106. The molecule has 0 bridgehead atoms. The van der Waals surface area contributed by atoms with Crippen LogP contribution in [0, 0.1) is 11.7 Å². The van der Waals surface area contributed by atoms with Gasteiger partial charge in [-0.15, -0.1) is 0 Å². The number of methoxy groups -OCH3 is 2. The highest BCUT2D eigenvalue weighted by atomic mass is 79.9. The first-order chi connectivity index (χ1) is 9.58. The summed E-state index contributed by atoms with van der Waals surface area (Å²) in [6.07, 6.45) is 4.43. The normalized spacial score (nSPS) is 13.9. The first-order valence-electron chi connectivity index (χ1n) is 7.14. The van der Waals surface area contributed by atoms with Gasteiger partial charge in [-0.25, -0.2) is 4.39 Å². The maximum atomic E-state index is 14.3. The molecule has 2 unspecified atom stereocenters. The van der Waals surface area contributed by atoms with Gasteiger partial charge in [-0.1, -0.05) is 49.0 Å². The minimum Gasteiger partial charge on any atom is -0.493 e. The number of halogens is 2. The van der Waals surface area contributed by atoms with E-state index in [4.69, 9.17) is 9.47 Å². The lowest BCUT2D eigenvalue weighted by Crippen LogP contribution is -2.09. The van der Waals surface area contributed by atoms with Crippen LogP contribution in [0.4, 0.5) is 4.39 Å². The van der Waals surface area contributed by atoms with Gasteiger partial charge < -0.3 is 9.47 Å². The molecule has 0 aromatic heterocycles. The van der Waals surface area contributed by atoms with Crippen molar-refractivity contribution in [3.8, 4) is 11.5 Å². The SMILES string of the molecule is CCCCC(CC)C(Br)c1cc(OC)c(OC)cc1F. The van der Waals surface area contributed by atoms with Crippen molar-refractivity contribution < 1.29 is 13.9 Å². The molecule has 1 rings (SSSR count).